The number of nitrogens with one attached hydrogen (secondary N) is 1. The van der Waals surface area contributed by atoms with Crippen molar-refractivity contribution in [3.8, 4) is 0 Å². The molecule has 2 aliphatic heterocycles. The Labute approximate surface area is 83.7 Å². The Morgan fingerprint density at radius 3 is 3.29 bits per heavy atom. The first-order chi connectivity index (χ1) is 6.84. The van der Waals surface area contributed by atoms with Crippen LogP contribution in [0, 0.1) is 5.92 Å². The van der Waals surface area contributed by atoms with E-state index in [-0.39, 0.29) is 5.91 Å². The minimum absolute atomic E-state index is 0.138. The molecule has 14 heavy (non-hydrogen) atoms. The van der Waals surface area contributed by atoms with Crippen molar-refractivity contribution in [2.45, 2.75) is 0 Å². The zero-order chi connectivity index (χ0) is 9.80. The molecule has 1 N–H and O–H groups in total. The van der Waals surface area contributed by atoms with E-state index in [9.17, 15) is 4.79 Å². The Balaban J connectivity index is 1.81. The van der Waals surface area contributed by atoms with E-state index in [1.807, 2.05) is 12.3 Å². The Morgan fingerprint density at radius 2 is 2.57 bits per heavy atom. The van der Waals surface area contributed by atoms with Gasteiger partial charge in [-0.1, -0.05) is 6.08 Å². The molecular formula is C10H15N3O. The van der Waals surface area contributed by atoms with Crippen molar-refractivity contribution in [1.29, 1.82) is 0 Å². The molecule has 0 aromatic rings. The summed E-state index contributed by atoms with van der Waals surface area (Å²) in [4.78, 5) is 17.5. The zero-order valence-electron chi connectivity index (χ0n) is 8.15. The van der Waals surface area contributed by atoms with Gasteiger partial charge in [-0.3, -0.25) is 14.7 Å². The highest BCUT2D eigenvalue weighted by Crippen LogP contribution is 2.07. The van der Waals surface area contributed by atoms with Crippen molar-refractivity contribution in [3.05, 3.63) is 12.2 Å². The number of aliphatic imine (C=N–C) groups is 1. The Hall–Kier alpha value is -1.16. The molecule has 0 bridgehead atoms. The van der Waals surface area contributed by atoms with E-state index in [1.165, 1.54) is 0 Å². The third-order valence-electron chi connectivity index (χ3n) is 2.52. The van der Waals surface area contributed by atoms with Gasteiger partial charge in [0.05, 0.1) is 6.54 Å². The molecule has 0 radical (unpaired) electrons. The molecule has 0 saturated carbocycles. The minimum Gasteiger partial charge on any atom is -0.354 e. The Bertz CT molecular complexity index is 273. The monoisotopic (exact) mass is 193 g/mol. The number of hydrogen-bond donors (Lipinski definition) is 1. The molecule has 0 spiro atoms. The summed E-state index contributed by atoms with van der Waals surface area (Å²) in [6.07, 6.45) is 5.98. The third-order valence-corrected chi connectivity index (χ3v) is 2.52. The lowest BCUT2D eigenvalue weighted by Crippen LogP contribution is -2.49. The fourth-order valence-electron chi connectivity index (χ4n) is 1.82. The molecule has 0 aliphatic carbocycles. The lowest BCUT2D eigenvalue weighted by Gasteiger charge is -2.29. The van der Waals surface area contributed by atoms with Crippen molar-refractivity contribution in [1.82, 2.24) is 10.2 Å². The molecular weight excluding hydrogens is 178 g/mol. The van der Waals surface area contributed by atoms with E-state index in [2.05, 4.69) is 21.3 Å². The Morgan fingerprint density at radius 1 is 1.64 bits per heavy atom. The van der Waals surface area contributed by atoms with Crippen LogP contribution in [0.5, 0.6) is 0 Å². The number of carbonyl (C=O) groups is 1. The van der Waals surface area contributed by atoms with Gasteiger partial charge in [0.25, 0.3) is 0 Å². The lowest BCUT2D eigenvalue weighted by atomic mass is 10.1. The normalized spacial score (nSPS) is 27.7. The van der Waals surface area contributed by atoms with Gasteiger partial charge in [0.15, 0.2) is 0 Å². The van der Waals surface area contributed by atoms with E-state index >= 15 is 0 Å². The maximum Gasteiger partial charge on any atom is 0.234 e. The predicted octanol–water partition coefficient (Wildman–Crippen LogP) is -0.325. The number of dihydropyridines is 1. The zero-order valence-corrected chi connectivity index (χ0v) is 8.15. The number of rotatable bonds is 2. The molecule has 2 heterocycles. The quantitative estimate of drug-likeness (QED) is 0.653. The molecule has 2 aliphatic rings. The second-order valence-electron chi connectivity index (χ2n) is 3.74. The van der Waals surface area contributed by atoms with Crippen molar-refractivity contribution in [2.24, 2.45) is 10.9 Å². The van der Waals surface area contributed by atoms with Gasteiger partial charge in [0.2, 0.25) is 5.91 Å². The predicted molar refractivity (Wildman–Crippen MR) is 55.4 cm³/mol. The molecule has 1 atom stereocenters. The number of allylic oxidation sites excluding steroid dienone is 1. The van der Waals surface area contributed by atoms with Gasteiger partial charge in [-0.15, -0.1) is 0 Å². The van der Waals surface area contributed by atoms with E-state index in [0.717, 1.165) is 26.2 Å². The molecule has 1 fully saturated rings. The topological polar surface area (TPSA) is 44.7 Å². The molecule has 4 nitrogen and oxygen atoms in total. The van der Waals surface area contributed by atoms with Crippen molar-refractivity contribution >= 4 is 12.1 Å². The largest absolute Gasteiger partial charge is 0.354 e. The van der Waals surface area contributed by atoms with Gasteiger partial charge >= 0.3 is 0 Å². The summed E-state index contributed by atoms with van der Waals surface area (Å²) in [5.41, 5.74) is 0. The molecule has 2 rings (SSSR count). The van der Waals surface area contributed by atoms with Crippen LogP contribution in [0.3, 0.4) is 0 Å². The average Bonchev–Trinajstić information content (AvgIpc) is 2.19. The van der Waals surface area contributed by atoms with Crippen molar-refractivity contribution < 1.29 is 4.79 Å². The third kappa shape index (κ3) is 2.42. The van der Waals surface area contributed by atoms with Crippen LogP contribution >= 0.6 is 0 Å². The fourth-order valence-corrected chi connectivity index (χ4v) is 1.82. The van der Waals surface area contributed by atoms with Gasteiger partial charge in [-0.25, -0.2) is 0 Å². The van der Waals surface area contributed by atoms with Crippen LogP contribution in [0.1, 0.15) is 0 Å². The van der Waals surface area contributed by atoms with E-state index in [0.29, 0.717) is 12.5 Å². The smallest absolute Gasteiger partial charge is 0.234 e. The number of piperazine rings is 1. The van der Waals surface area contributed by atoms with E-state index in [4.69, 9.17) is 0 Å². The highest BCUT2D eigenvalue weighted by molar-refractivity contribution is 5.78. The Kier molecular flexibility index (Phi) is 2.93. The molecule has 1 unspecified atom stereocenters. The van der Waals surface area contributed by atoms with Gasteiger partial charge in [0.1, 0.15) is 0 Å². The van der Waals surface area contributed by atoms with Gasteiger partial charge < -0.3 is 5.32 Å². The molecule has 0 aromatic heterocycles. The molecule has 1 saturated heterocycles. The standard InChI is InChI=1S/C10H15N3O/c14-10-8-13(5-4-12-10)7-9-2-1-3-11-6-9/h1-3,9H,4-8H2,(H,12,14). The molecule has 1 amide bonds. The molecule has 0 aromatic carbocycles. The van der Waals surface area contributed by atoms with Gasteiger partial charge in [-0.2, -0.15) is 0 Å². The van der Waals surface area contributed by atoms with Crippen LogP contribution in [0.15, 0.2) is 17.1 Å². The summed E-state index contributed by atoms with van der Waals surface area (Å²) in [5, 5.41) is 2.82. The first kappa shape index (κ1) is 9.40. The highest BCUT2D eigenvalue weighted by atomic mass is 16.2. The summed E-state index contributed by atoms with van der Waals surface area (Å²) in [6.45, 7) is 4.07. The van der Waals surface area contributed by atoms with Crippen molar-refractivity contribution in [3.63, 3.8) is 0 Å². The molecule has 4 heteroatoms. The number of hydrogen-bond acceptors (Lipinski definition) is 3. The van der Waals surface area contributed by atoms with Crippen LogP contribution in [-0.2, 0) is 4.79 Å². The molecule has 76 valence electrons. The summed E-state index contributed by atoms with van der Waals surface area (Å²) < 4.78 is 0. The first-order valence-corrected chi connectivity index (χ1v) is 5.00. The van der Waals surface area contributed by atoms with Gasteiger partial charge in [0, 0.05) is 38.3 Å². The number of nitrogens with zero attached hydrogens (tertiary/aromatic N) is 2. The van der Waals surface area contributed by atoms with Crippen LogP contribution in [-0.4, -0.2) is 49.7 Å². The fraction of sp³-hybridized carbons (Fsp3) is 0.600. The van der Waals surface area contributed by atoms with Crippen LogP contribution in [0.2, 0.25) is 0 Å². The second-order valence-corrected chi connectivity index (χ2v) is 3.74. The number of amides is 1. The second kappa shape index (κ2) is 4.37. The lowest BCUT2D eigenvalue weighted by molar-refractivity contribution is -0.124. The average molecular weight is 193 g/mol. The van der Waals surface area contributed by atoms with Crippen LogP contribution < -0.4 is 5.32 Å². The summed E-state index contributed by atoms with van der Waals surface area (Å²) in [7, 11) is 0. The maximum atomic E-state index is 11.1. The summed E-state index contributed by atoms with van der Waals surface area (Å²) in [5.74, 6) is 0.616. The van der Waals surface area contributed by atoms with Crippen molar-refractivity contribution in [2.75, 3.05) is 32.7 Å². The summed E-state index contributed by atoms with van der Waals surface area (Å²) >= 11 is 0. The SMILES string of the molecule is O=C1CN(CC2C=CC=NC2)CCN1. The maximum absolute atomic E-state index is 11.1. The number of carbonyl (C=O) groups excluding carboxylic acids is 1. The minimum atomic E-state index is 0.138. The van der Waals surface area contributed by atoms with E-state index in [1.54, 1.807) is 0 Å². The van der Waals surface area contributed by atoms with Crippen LogP contribution in [0.25, 0.3) is 0 Å². The summed E-state index contributed by atoms with van der Waals surface area (Å²) in [6, 6.07) is 0. The van der Waals surface area contributed by atoms with E-state index < -0.39 is 0 Å². The van der Waals surface area contributed by atoms with Crippen LogP contribution in [0.4, 0.5) is 0 Å². The van der Waals surface area contributed by atoms with Gasteiger partial charge in [-0.05, 0) is 6.08 Å². The first-order valence-electron chi connectivity index (χ1n) is 5.00. The highest BCUT2D eigenvalue weighted by Gasteiger charge is 2.18.